The van der Waals surface area contributed by atoms with Crippen LogP contribution in [0, 0.1) is 13.8 Å². The van der Waals surface area contributed by atoms with Crippen molar-refractivity contribution >= 4 is 17.5 Å². The third-order valence-corrected chi connectivity index (χ3v) is 5.72. The average Bonchev–Trinajstić information content (AvgIpc) is 3.30. The molecule has 26 heavy (non-hydrogen) atoms. The Morgan fingerprint density at radius 1 is 1.27 bits per heavy atom. The zero-order valence-electron chi connectivity index (χ0n) is 14.9. The zero-order chi connectivity index (χ0) is 18.1. The summed E-state index contributed by atoms with van der Waals surface area (Å²) in [6, 6.07) is 1.91. The van der Waals surface area contributed by atoms with E-state index in [2.05, 4.69) is 29.9 Å². The summed E-state index contributed by atoms with van der Waals surface area (Å²) >= 11 is 1.47. The van der Waals surface area contributed by atoms with Crippen molar-refractivity contribution in [2.45, 2.75) is 51.2 Å². The van der Waals surface area contributed by atoms with Gasteiger partial charge in [-0.05, 0) is 32.8 Å². The Morgan fingerprint density at radius 2 is 2.15 bits per heavy atom. The summed E-state index contributed by atoms with van der Waals surface area (Å²) in [5.41, 5.74) is 2.52. The van der Waals surface area contributed by atoms with Gasteiger partial charge in [0.05, 0.1) is 5.75 Å². The summed E-state index contributed by atoms with van der Waals surface area (Å²) in [4.78, 5) is 17.0. The maximum Gasteiger partial charge on any atom is 0.229 e. The lowest BCUT2D eigenvalue weighted by molar-refractivity contribution is 0.102. The zero-order valence-corrected chi connectivity index (χ0v) is 15.7. The van der Waals surface area contributed by atoms with Crippen molar-refractivity contribution in [1.82, 2.24) is 34.5 Å². The molecule has 3 aromatic rings. The van der Waals surface area contributed by atoms with Gasteiger partial charge in [-0.25, -0.2) is 5.10 Å². The normalized spacial score (nSPS) is 14.2. The number of carbonyl (C=O) groups excluding carboxylic acids is 1. The van der Waals surface area contributed by atoms with E-state index in [4.69, 9.17) is 0 Å². The summed E-state index contributed by atoms with van der Waals surface area (Å²) in [6.45, 7) is 4.83. The lowest BCUT2D eigenvalue weighted by atomic mass is 10.2. The molecule has 0 fully saturated rings. The lowest BCUT2D eigenvalue weighted by Gasteiger charge is -2.07. The Balaban J connectivity index is 1.51. The highest BCUT2D eigenvalue weighted by Crippen LogP contribution is 2.24. The molecule has 136 valence electrons. The molecule has 4 rings (SSSR count). The van der Waals surface area contributed by atoms with Gasteiger partial charge in [0, 0.05) is 29.9 Å². The van der Waals surface area contributed by atoms with E-state index in [0.29, 0.717) is 17.3 Å². The molecule has 8 nitrogen and oxygen atoms in total. The highest BCUT2D eigenvalue weighted by Gasteiger charge is 2.20. The molecule has 0 unspecified atom stereocenters. The van der Waals surface area contributed by atoms with E-state index in [1.54, 1.807) is 0 Å². The number of aromatic amines is 1. The first kappa shape index (κ1) is 17.0. The number of aromatic nitrogens is 7. The number of rotatable bonds is 5. The molecule has 4 heterocycles. The topological polar surface area (TPSA) is 94.3 Å². The van der Waals surface area contributed by atoms with E-state index in [9.17, 15) is 4.79 Å². The highest BCUT2D eigenvalue weighted by atomic mass is 32.2. The molecular weight excluding hydrogens is 350 g/mol. The van der Waals surface area contributed by atoms with Crippen molar-refractivity contribution < 1.29 is 4.79 Å². The first-order valence-corrected chi connectivity index (χ1v) is 9.76. The Hall–Kier alpha value is -2.42. The first-order valence-electron chi connectivity index (χ1n) is 8.78. The van der Waals surface area contributed by atoms with Crippen LogP contribution in [-0.4, -0.2) is 46.0 Å². The van der Waals surface area contributed by atoms with Crippen LogP contribution in [0.4, 0.5) is 0 Å². The molecule has 0 radical (unpaired) electrons. The molecule has 3 aromatic heterocycles. The molecular formula is C17H21N7OS. The summed E-state index contributed by atoms with van der Waals surface area (Å²) in [5, 5.41) is 16.2. The number of hydrogen-bond acceptors (Lipinski definition) is 6. The fourth-order valence-electron chi connectivity index (χ4n) is 3.45. The van der Waals surface area contributed by atoms with Crippen LogP contribution in [0.25, 0.3) is 5.95 Å². The van der Waals surface area contributed by atoms with Gasteiger partial charge in [-0.15, -0.1) is 10.2 Å². The minimum Gasteiger partial charge on any atom is -0.306 e. The van der Waals surface area contributed by atoms with Gasteiger partial charge in [-0.1, -0.05) is 18.2 Å². The number of aryl methyl sites for hydroxylation is 2. The third-order valence-electron chi connectivity index (χ3n) is 4.75. The van der Waals surface area contributed by atoms with Crippen LogP contribution in [0.15, 0.2) is 17.6 Å². The fraction of sp³-hybridized carbons (Fsp3) is 0.471. The summed E-state index contributed by atoms with van der Waals surface area (Å²) < 4.78 is 4.08. The van der Waals surface area contributed by atoms with Crippen molar-refractivity contribution in [1.29, 1.82) is 0 Å². The lowest BCUT2D eigenvalue weighted by Crippen LogP contribution is -2.08. The van der Waals surface area contributed by atoms with Crippen LogP contribution in [0.1, 0.15) is 46.8 Å². The number of nitrogens with zero attached hydrogens (tertiary/aromatic N) is 6. The molecule has 0 spiro atoms. The van der Waals surface area contributed by atoms with Crippen LogP contribution >= 0.6 is 11.8 Å². The van der Waals surface area contributed by atoms with Gasteiger partial charge in [0.1, 0.15) is 12.2 Å². The maximum atomic E-state index is 12.8. The predicted octanol–water partition coefficient (Wildman–Crippen LogP) is 2.51. The number of thioether (sulfide) groups is 1. The van der Waals surface area contributed by atoms with Crippen molar-refractivity contribution in [3.63, 3.8) is 0 Å². The van der Waals surface area contributed by atoms with Gasteiger partial charge in [-0.2, -0.15) is 10.1 Å². The van der Waals surface area contributed by atoms with Crippen LogP contribution in [0.2, 0.25) is 0 Å². The van der Waals surface area contributed by atoms with Crippen molar-refractivity contribution in [3.8, 4) is 5.95 Å². The number of H-pyrrole nitrogens is 1. The van der Waals surface area contributed by atoms with Crippen LogP contribution in [0.3, 0.4) is 0 Å². The molecule has 0 aliphatic carbocycles. The van der Waals surface area contributed by atoms with Gasteiger partial charge in [0.2, 0.25) is 5.95 Å². The number of carbonyl (C=O) groups is 1. The monoisotopic (exact) mass is 371 g/mol. The van der Waals surface area contributed by atoms with E-state index in [1.807, 2.05) is 24.5 Å². The SMILES string of the molecule is Cc1cc(C(=O)CSc2nnc3n2CCCCC3)c(C)n1-c1ncn[nH]1. The number of fused-ring (bicyclic) bond motifs is 1. The Labute approximate surface area is 155 Å². The van der Waals surface area contributed by atoms with Gasteiger partial charge in [0.15, 0.2) is 10.9 Å². The largest absolute Gasteiger partial charge is 0.306 e. The Bertz CT molecular complexity index is 925. The summed E-state index contributed by atoms with van der Waals surface area (Å²) in [5.74, 6) is 2.09. The standard InChI is InChI=1S/C17H21N7OS/c1-11-8-13(12(2)24(11)16-18-10-19-21-16)14(25)9-26-17-22-20-15-6-4-3-5-7-23(15)17/h8,10H,3-7,9H2,1-2H3,(H,18,19,21). The molecule has 1 aliphatic heterocycles. The first-order chi connectivity index (χ1) is 12.6. The Morgan fingerprint density at radius 3 is 2.96 bits per heavy atom. The van der Waals surface area contributed by atoms with Gasteiger partial charge in [0.25, 0.3) is 0 Å². The van der Waals surface area contributed by atoms with E-state index in [-0.39, 0.29) is 5.78 Å². The molecule has 1 aliphatic rings. The minimum atomic E-state index is 0.0832. The third kappa shape index (κ3) is 3.07. The van der Waals surface area contributed by atoms with Crippen molar-refractivity contribution in [3.05, 3.63) is 35.2 Å². The molecule has 0 saturated heterocycles. The van der Waals surface area contributed by atoms with Crippen LogP contribution in [-0.2, 0) is 13.0 Å². The second-order valence-corrected chi connectivity index (χ2v) is 7.44. The van der Waals surface area contributed by atoms with E-state index in [1.165, 1.54) is 24.5 Å². The molecule has 0 amide bonds. The summed E-state index contributed by atoms with van der Waals surface area (Å²) in [6.07, 6.45) is 5.96. The molecule has 9 heteroatoms. The smallest absolute Gasteiger partial charge is 0.229 e. The second kappa shape index (κ2) is 7.06. The molecule has 0 atom stereocenters. The molecule has 0 saturated carbocycles. The second-order valence-electron chi connectivity index (χ2n) is 6.50. The average molecular weight is 371 g/mol. The minimum absolute atomic E-state index is 0.0832. The molecule has 0 aromatic carbocycles. The van der Waals surface area contributed by atoms with E-state index >= 15 is 0 Å². The van der Waals surface area contributed by atoms with Gasteiger partial charge < -0.3 is 4.57 Å². The van der Waals surface area contributed by atoms with Crippen LogP contribution < -0.4 is 0 Å². The van der Waals surface area contributed by atoms with E-state index < -0.39 is 0 Å². The predicted molar refractivity (Wildman–Crippen MR) is 97.8 cm³/mol. The van der Waals surface area contributed by atoms with Gasteiger partial charge in [-0.3, -0.25) is 9.36 Å². The highest BCUT2D eigenvalue weighted by molar-refractivity contribution is 7.99. The van der Waals surface area contributed by atoms with Gasteiger partial charge >= 0.3 is 0 Å². The number of ketones is 1. The fourth-order valence-corrected chi connectivity index (χ4v) is 4.32. The maximum absolute atomic E-state index is 12.8. The van der Waals surface area contributed by atoms with Crippen molar-refractivity contribution in [2.75, 3.05) is 5.75 Å². The number of Topliss-reactive ketones (excluding diaryl/α,β-unsaturated/α-hetero) is 1. The summed E-state index contributed by atoms with van der Waals surface area (Å²) in [7, 11) is 0. The van der Waals surface area contributed by atoms with Crippen molar-refractivity contribution in [2.24, 2.45) is 0 Å². The molecule has 1 N–H and O–H groups in total. The quantitative estimate of drug-likeness (QED) is 0.547. The number of nitrogens with one attached hydrogen (secondary N) is 1. The number of hydrogen-bond donors (Lipinski definition) is 1. The van der Waals surface area contributed by atoms with Crippen LogP contribution in [0.5, 0.6) is 0 Å². The van der Waals surface area contributed by atoms with E-state index in [0.717, 1.165) is 48.2 Å². The molecule has 0 bridgehead atoms. The Kier molecular flexibility index (Phi) is 4.62.